The molecule has 23 heavy (non-hydrogen) atoms. The third-order valence-electron chi connectivity index (χ3n) is 4.04. The van der Waals surface area contributed by atoms with Crippen LogP contribution in [0.1, 0.15) is 49.9 Å². The van der Waals surface area contributed by atoms with Gasteiger partial charge < -0.3 is 4.90 Å². The van der Waals surface area contributed by atoms with E-state index in [-0.39, 0.29) is 23.6 Å². The monoisotopic (exact) mass is 321 g/mol. The Hall–Kier alpha value is -2.51. The minimum absolute atomic E-state index is 0.00519. The minimum atomic E-state index is -0.723. The van der Waals surface area contributed by atoms with Gasteiger partial charge in [-0.05, 0) is 12.8 Å². The molecule has 1 heterocycles. The van der Waals surface area contributed by atoms with Crippen molar-refractivity contribution in [1.29, 1.82) is 0 Å². The predicted molar refractivity (Wildman–Crippen MR) is 83.3 cm³/mol. The second-order valence-electron chi connectivity index (χ2n) is 5.68. The van der Waals surface area contributed by atoms with E-state index in [0.29, 0.717) is 0 Å². The number of non-ortho nitro benzene ring substituents is 2. The summed E-state index contributed by atoms with van der Waals surface area (Å²) in [6, 6.07) is 3.35. The Morgan fingerprint density at radius 2 is 1.43 bits per heavy atom. The van der Waals surface area contributed by atoms with E-state index in [1.807, 2.05) is 13.8 Å². The maximum atomic E-state index is 12.6. The standard InChI is InChI=1S/C15H19N3O5/c1-3-5-13-14(6-4-2)16(13)15(19)10-7-11(17(20)21)9-12(8-10)18(22)23/h7-9,13-14H,3-6H2,1-2H3/t13-,14-/m1/s1. The molecule has 0 bridgehead atoms. The predicted octanol–water partition coefficient (Wildman–Crippen LogP) is 3.30. The van der Waals surface area contributed by atoms with Gasteiger partial charge in [0, 0.05) is 12.1 Å². The van der Waals surface area contributed by atoms with Gasteiger partial charge in [0.05, 0.1) is 33.6 Å². The van der Waals surface area contributed by atoms with Crippen molar-refractivity contribution < 1.29 is 14.6 Å². The van der Waals surface area contributed by atoms with E-state index in [9.17, 15) is 25.0 Å². The molecular weight excluding hydrogens is 302 g/mol. The van der Waals surface area contributed by atoms with Crippen molar-refractivity contribution in [2.24, 2.45) is 0 Å². The number of nitrogens with zero attached hydrogens (tertiary/aromatic N) is 3. The number of carbonyl (C=O) groups is 1. The summed E-state index contributed by atoms with van der Waals surface area (Å²) in [5, 5.41) is 21.9. The lowest BCUT2D eigenvalue weighted by Crippen LogP contribution is -2.15. The third kappa shape index (κ3) is 3.46. The van der Waals surface area contributed by atoms with Crippen LogP contribution in [-0.2, 0) is 0 Å². The average Bonchev–Trinajstić information content (AvgIpc) is 3.19. The molecule has 1 fully saturated rings. The van der Waals surface area contributed by atoms with E-state index in [0.717, 1.165) is 43.9 Å². The van der Waals surface area contributed by atoms with Crippen LogP contribution in [0.5, 0.6) is 0 Å². The Kier molecular flexibility index (Phi) is 4.92. The van der Waals surface area contributed by atoms with Crippen LogP contribution < -0.4 is 0 Å². The average molecular weight is 321 g/mol. The molecule has 2 rings (SSSR count). The number of hydrogen-bond donors (Lipinski definition) is 0. The first-order valence-corrected chi connectivity index (χ1v) is 7.67. The summed E-state index contributed by atoms with van der Waals surface area (Å²) < 4.78 is 0. The van der Waals surface area contributed by atoms with Crippen LogP contribution in [0.25, 0.3) is 0 Å². The highest BCUT2D eigenvalue weighted by molar-refractivity contribution is 5.97. The number of nitro benzene ring substituents is 2. The number of amides is 1. The Morgan fingerprint density at radius 1 is 1.00 bits per heavy atom. The van der Waals surface area contributed by atoms with Crippen molar-refractivity contribution in [1.82, 2.24) is 4.90 Å². The molecule has 0 N–H and O–H groups in total. The summed E-state index contributed by atoms with van der Waals surface area (Å²) in [6.45, 7) is 4.06. The van der Waals surface area contributed by atoms with Crippen molar-refractivity contribution in [3.63, 3.8) is 0 Å². The summed E-state index contributed by atoms with van der Waals surface area (Å²) in [5.74, 6) is -0.367. The topological polar surface area (TPSA) is 106 Å². The van der Waals surface area contributed by atoms with E-state index in [2.05, 4.69) is 0 Å². The molecule has 1 aliphatic heterocycles. The number of hydrogen-bond acceptors (Lipinski definition) is 5. The van der Waals surface area contributed by atoms with Gasteiger partial charge in [0.25, 0.3) is 17.3 Å². The largest absolute Gasteiger partial charge is 0.329 e. The molecular formula is C15H19N3O5. The first kappa shape index (κ1) is 16.9. The Labute approximate surface area is 133 Å². The summed E-state index contributed by atoms with van der Waals surface area (Å²) in [6.07, 6.45) is 3.61. The molecule has 1 aromatic carbocycles. The van der Waals surface area contributed by atoms with Crippen molar-refractivity contribution in [3.8, 4) is 0 Å². The minimum Gasteiger partial charge on any atom is -0.329 e. The van der Waals surface area contributed by atoms with Crippen molar-refractivity contribution in [2.75, 3.05) is 0 Å². The summed E-state index contributed by atoms with van der Waals surface area (Å²) >= 11 is 0. The maximum Gasteiger partial charge on any atom is 0.277 e. The van der Waals surface area contributed by atoms with Gasteiger partial charge in [-0.15, -0.1) is 0 Å². The molecule has 0 saturated carbocycles. The fraction of sp³-hybridized carbons (Fsp3) is 0.533. The number of carbonyl (C=O) groups excluding carboxylic acids is 1. The SMILES string of the molecule is CCC[C@@H]1[C@@H](CCC)N1C(=O)c1cc([N+](=O)[O-])cc([N+](=O)[O-])c1. The number of benzene rings is 1. The molecule has 0 spiro atoms. The molecule has 1 amide bonds. The van der Waals surface area contributed by atoms with E-state index in [4.69, 9.17) is 0 Å². The zero-order valence-corrected chi connectivity index (χ0v) is 13.1. The van der Waals surface area contributed by atoms with Crippen molar-refractivity contribution >= 4 is 17.3 Å². The van der Waals surface area contributed by atoms with Gasteiger partial charge in [-0.2, -0.15) is 0 Å². The number of rotatable bonds is 7. The molecule has 1 aliphatic rings. The molecule has 8 heteroatoms. The van der Waals surface area contributed by atoms with Crippen LogP contribution in [0.15, 0.2) is 18.2 Å². The van der Waals surface area contributed by atoms with Crippen LogP contribution in [0.2, 0.25) is 0 Å². The van der Waals surface area contributed by atoms with E-state index in [1.54, 1.807) is 4.90 Å². The summed E-state index contributed by atoms with van der Waals surface area (Å²) in [5.41, 5.74) is -0.877. The van der Waals surface area contributed by atoms with E-state index < -0.39 is 21.2 Å². The van der Waals surface area contributed by atoms with Crippen LogP contribution in [0, 0.1) is 20.2 Å². The van der Waals surface area contributed by atoms with Crippen molar-refractivity contribution in [3.05, 3.63) is 44.0 Å². The molecule has 124 valence electrons. The number of nitro groups is 2. The fourth-order valence-corrected chi connectivity index (χ4v) is 2.97. The van der Waals surface area contributed by atoms with Crippen LogP contribution in [0.3, 0.4) is 0 Å². The lowest BCUT2D eigenvalue weighted by molar-refractivity contribution is -0.394. The molecule has 0 radical (unpaired) electrons. The highest BCUT2D eigenvalue weighted by Crippen LogP contribution is 2.38. The molecule has 0 aliphatic carbocycles. The lowest BCUT2D eigenvalue weighted by Gasteiger charge is -2.05. The highest BCUT2D eigenvalue weighted by atomic mass is 16.6. The lowest BCUT2D eigenvalue weighted by atomic mass is 10.1. The quantitative estimate of drug-likeness (QED) is 0.435. The van der Waals surface area contributed by atoms with Gasteiger partial charge in [-0.1, -0.05) is 26.7 Å². The van der Waals surface area contributed by atoms with Gasteiger partial charge >= 0.3 is 0 Å². The second kappa shape index (κ2) is 6.72. The van der Waals surface area contributed by atoms with Gasteiger partial charge in [-0.3, -0.25) is 25.0 Å². The second-order valence-corrected chi connectivity index (χ2v) is 5.68. The Morgan fingerprint density at radius 3 is 1.78 bits per heavy atom. The van der Waals surface area contributed by atoms with Crippen molar-refractivity contribution in [2.45, 2.75) is 51.6 Å². The van der Waals surface area contributed by atoms with E-state index in [1.165, 1.54) is 0 Å². The van der Waals surface area contributed by atoms with E-state index >= 15 is 0 Å². The first-order chi connectivity index (χ1) is 10.9. The maximum absolute atomic E-state index is 12.6. The summed E-state index contributed by atoms with van der Waals surface area (Å²) in [7, 11) is 0. The molecule has 2 atom stereocenters. The summed E-state index contributed by atoms with van der Waals surface area (Å²) in [4.78, 5) is 34.7. The van der Waals surface area contributed by atoms with Crippen LogP contribution in [0.4, 0.5) is 11.4 Å². The van der Waals surface area contributed by atoms with Gasteiger partial charge in [0.1, 0.15) is 0 Å². The highest BCUT2D eigenvalue weighted by Gasteiger charge is 2.49. The van der Waals surface area contributed by atoms with Gasteiger partial charge in [0.15, 0.2) is 0 Å². The van der Waals surface area contributed by atoms with Gasteiger partial charge in [0.2, 0.25) is 0 Å². The van der Waals surface area contributed by atoms with Gasteiger partial charge in [-0.25, -0.2) is 0 Å². The smallest absolute Gasteiger partial charge is 0.277 e. The Balaban J connectivity index is 2.31. The van der Waals surface area contributed by atoms with Crippen LogP contribution in [-0.4, -0.2) is 32.7 Å². The molecule has 0 unspecified atom stereocenters. The molecule has 8 nitrogen and oxygen atoms in total. The molecule has 1 saturated heterocycles. The fourth-order valence-electron chi connectivity index (χ4n) is 2.97. The Bertz CT molecular complexity index is 602. The zero-order valence-electron chi connectivity index (χ0n) is 13.1. The molecule has 0 aromatic heterocycles. The molecule has 1 aromatic rings. The normalized spacial score (nSPS) is 19.5. The zero-order chi connectivity index (χ0) is 17.1. The van der Waals surface area contributed by atoms with Crippen LogP contribution >= 0.6 is 0 Å². The first-order valence-electron chi connectivity index (χ1n) is 7.67. The third-order valence-corrected chi connectivity index (χ3v) is 4.04.